The minimum absolute atomic E-state index is 0.0259. The Hall–Kier alpha value is -2.30. The lowest BCUT2D eigenvalue weighted by molar-refractivity contribution is -0.139. The van der Waals surface area contributed by atoms with Crippen molar-refractivity contribution in [2.75, 3.05) is 33.3 Å². The Bertz CT molecular complexity index is 1020. The van der Waals surface area contributed by atoms with Crippen LogP contribution in [-0.2, 0) is 26.6 Å². The maximum atomic E-state index is 13.4. The van der Waals surface area contributed by atoms with Crippen molar-refractivity contribution in [1.82, 2.24) is 24.0 Å². The van der Waals surface area contributed by atoms with Gasteiger partial charge in [-0.3, -0.25) is 14.5 Å². The number of hydrogen-bond acceptors (Lipinski definition) is 6. The van der Waals surface area contributed by atoms with Gasteiger partial charge in [-0.15, -0.1) is 0 Å². The Labute approximate surface area is 183 Å². The van der Waals surface area contributed by atoms with Crippen molar-refractivity contribution in [3.63, 3.8) is 0 Å². The lowest BCUT2D eigenvalue weighted by Crippen LogP contribution is -2.52. The molecule has 2 aromatic rings. The first-order valence-electron chi connectivity index (χ1n) is 10.7. The molecule has 3 heterocycles. The van der Waals surface area contributed by atoms with E-state index in [1.807, 2.05) is 6.07 Å². The Morgan fingerprint density at radius 1 is 1.19 bits per heavy atom. The van der Waals surface area contributed by atoms with Gasteiger partial charge in [-0.1, -0.05) is 12.5 Å². The number of pyridine rings is 1. The van der Waals surface area contributed by atoms with Gasteiger partial charge in [0.25, 0.3) is 10.0 Å². The third-order valence-corrected chi connectivity index (χ3v) is 8.05. The van der Waals surface area contributed by atoms with Gasteiger partial charge < -0.3 is 9.64 Å². The molecule has 0 unspecified atom stereocenters. The quantitative estimate of drug-likeness (QED) is 0.689. The topological polar surface area (TPSA) is 97.6 Å². The number of sulfonamides is 1. The van der Waals surface area contributed by atoms with Gasteiger partial charge in [0.05, 0.1) is 6.10 Å². The van der Waals surface area contributed by atoms with Gasteiger partial charge in [-0.05, 0) is 25.3 Å². The molecule has 0 radical (unpaired) electrons. The van der Waals surface area contributed by atoms with Crippen molar-refractivity contribution in [3.05, 3.63) is 30.7 Å². The van der Waals surface area contributed by atoms with Crippen molar-refractivity contribution in [2.45, 2.75) is 36.8 Å². The summed E-state index contributed by atoms with van der Waals surface area (Å²) in [5.74, 6) is 0.0857. The number of methoxy groups -OCH3 is 1. The SMILES string of the molecule is CO[C@H]1CCC[C@@H](C(=O)N2CCN(S(=O)(=O)c3nn(C)cc3-c3cccnc3)CC2)C1. The first kappa shape index (κ1) is 21.9. The summed E-state index contributed by atoms with van der Waals surface area (Å²) in [5.41, 5.74) is 1.23. The zero-order valence-corrected chi connectivity index (χ0v) is 18.8. The number of amides is 1. The largest absolute Gasteiger partial charge is 0.381 e. The second kappa shape index (κ2) is 9.05. The molecule has 2 aromatic heterocycles. The average molecular weight is 448 g/mol. The average Bonchev–Trinajstić information content (AvgIpc) is 3.22. The molecule has 31 heavy (non-hydrogen) atoms. The van der Waals surface area contributed by atoms with Gasteiger partial charge >= 0.3 is 0 Å². The van der Waals surface area contributed by atoms with Crippen molar-refractivity contribution in [3.8, 4) is 11.1 Å². The maximum Gasteiger partial charge on any atom is 0.263 e. The van der Waals surface area contributed by atoms with Crippen LogP contribution in [0.15, 0.2) is 35.7 Å². The molecule has 9 nitrogen and oxygen atoms in total. The van der Waals surface area contributed by atoms with Gasteiger partial charge in [0.2, 0.25) is 5.91 Å². The number of aryl methyl sites for hydroxylation is 1. The molecule has 10 heteroatoms. The minimum Gasteiger partial charge on any atom is -0.381 e. The number of carbonyl (C=O) groups excluding carboxylic acids is 1. The number of ether oxygens (including phenoxy) is 1. The summed E-state index contributed by atoms with van der Waals surface area (Å²) in [7, 11) is -0.397. The predicted molar refractivity (Wildman–Crippen MR) is 115 cm³/mol. The van der Waals surface area contributed by atoms with Crippen molar-refractivity contribution in [1.29, 1.82) is 0 Å². The molecular weight excluding hydrogens is 418 g/mol. The van der Waals surface area contributed by atoms with Crippen LogP contribution in [0.5, 0.6) is 0 Å². The van der Waals surface area contributed by atoms with Crippen LogP contribution in [0.25, 0.3) is 11.1 Å². The molecular formula is C21H29N5O4S. The fraction of sp³-hybridized carbons (Fsp3) is 0.571. The fourth-order valence-corrected chi connectivity index (χ4v) is 6.06. The lowest BCUT2D eigenvalue weighted by Gasteiger charge is -2.37. The molecule has 4 rings (SSSR count). The molecule has 2 atom stereocenters. The van der Waals surface area contributed by atoms with Crippen LogP contribution in [0.4, 0.5) is 0 Å². The molecule has 0 aromatic carbocycles. The number of piperazine rings is 1. The van der Waals surface area contributed by atoms with E-state index in [-0.39, 0.29) is 36.0 Å². The molecule has 2 fully saturated rings. The second-order valence-corrected chi connectivity index (χ2v) is 10.1. The Kier molecular flexibility index (Phi) is 6.40. The summed E-state index contributed by atoms with van der Waals surface area (Å²) in [6, 6.07) is 3.58. The van der Waals surface area contributed by atoms with E-state index in [0.29, 0.717) is 24.2 Å². The number of hydrogen-bond donors (Lipinski definition) is 0. The van der Waals surface area contributed by atoms with Crippen LogP contribution in [0.1, 0.15) is 25.7 Å². The number of aromatic nitrogens is 3. The smallest absolute Gasteiger partial charge is 0.263 e. The summed E-state index contributed by atoms with van der Waals surface area (Å²) in [6.07, 6.45) is 8.71. The standard InChI is InChI=1S/C21H29N5O4S/c1-24-15-19(17-6-4-8-22-14-17)20(23-24)31(28,29)26-11-9-25(10-12-26)21(27)16-5-3-7-18(13-16)30-2/h4,6,8,14-16,18H,3,5,7,9-13H2,1-2H3/t16-,18+/m1/s1. The zero-order chi connectivity index (χ0) is 22.0. The highest BCUT2D eigenvalue weighted by Crippen LogP contribution is 2.30. The third-order valence-electron chi connectivity index (χ3n) is 6.21. The zero-order valence-electron chi connectivity index (χ0n) is 18.0. The summed E-state index contributed by atoms with van der Waals surface area (Å²) < 4.78 is 35.1. The van der Waals surface area contributed by atoms with Gasteiger partial charge in [0.15, 0.2) is 5.03 Å². The highest BCUT2D eigenvalue weighted by Gasteiger charge is 2.36. The van der Waals surface area contributed by atoms with Crippen LogP contribution in [-0.4, -0.2) is 77.7 Å². The van der Waals surface area contributed by atoms with Crippen LogP contribution in [0.2, 0.25) is 0 Å². The Morgan fingerprint density at radius 3 is 2.65 bits per heavy atom. The van der Waals surface area contributed by atoms with E-state index < -0.39 is 10.0 Å². The predicted octanol–water partition coefficient (Wildman–Crippen LogP) is 1.52. The molecule has 168 valence electrons. The van der Waals surface area contributed by atoms with Crippen LogP contribution in [0, 0.1) is 5.92 Å². The van der Waals surface area contributed by atoms with E-state index in [1.54, 1.807) is 43.7 Å². The van der Waals surface area contributed by atoms with Gasteiger partial charge in [0, 0.05) is 76.0 Å². The molecule has 0 spiro atoms. The van der Waals surface area contributed by atoms with E-state index >= 15 is 0 Å². The molecule has 1 aliphatic carbocycles. The highest BCUT2D eigenvalue weighted by molar-refractivity contribution is 7.89. The van der Waals surface area contributed by atoms with Gasteiger partial charge in [-0.2, -0.15) is 9.40 Å². The summed E-state index contributed by atoms with van der Waals surface area (Å²) >= 11 is 0. The maximum absolute atomic E-state index is 13.4. The molecule has 1 saturated carbocycles. The molecule has 0 bridgehead atoms. The van der Waals surface area contributed by atoms with Crippen molar-refractivity contribution in [2.24, 2.45) is 13.0 Å². The molecule has 1 aliphatic heterocycles. The molecule has 1 amide bonds. The summed E-state index contributed by atoms with van der Waals surface area (Å²) in [5, 5.41) is 4.27. The van der Waals surface area contributed by atoms with Crippen LogP contribution in [0.3, 0.4) is 0 Å². The van der Waals surface area contributed by atoms with Crippen LogP contribution < -0.4 is 0 Å². The van der Waals surface area contributed by atoms with E-state index in [9.17, 15) is 13.2 Å². The third kappa shape index (κ3) is 4.51. The Morgan fingerprint density at radius 2 is 1.97 bits per heavy atom. The summed E-state index contributed by atoms with van der Waals surface area (Å²) in [6.45, 7) is 1.30. The first-order valence-corrected chi connectivity index (χ1v) is 12.1. The highest BCUT2D eigenvalue weighted by atomic mass is 32.2. The van der Waals surface area contributed by atoms with Crippen molar-refractivity contribution >= 4 is 15.9 Å². The molecule has 0 N–H and O–H groups in total. The molecule has 1 saturated heterocycles. The van der Waals surface area contributed by atoms with E-state index in [0.717, 1.165) is 25.7 Å². The van der Waals surface area contributed by atoms with E-state index in [4.69, 9.17) is 4.74 Å². The minimum atomic E-state index is -3.79. The number of nitrogens with zero attached hydrogens (tertiary/aromatic N) is 5. The van der Waals surface area contributed by atoms with Gasteiger partial charge in [0.1, 0.15) is 0 Å². The van der Waals surface area contributed by atoms with Crippen LogP contribution >= 0.6 is 0 Å². The first-order chi connectivity index (χ1) is 14.9. The summed E-state index contributed by atoms with van der Waals surface area (Å²) in [4.78, 5) is 18.9. The second-order valence-electron chi connectivity index (χ2n) is 8.21. The van der Waals surface area contributed by atoms with Crippen molar-refractivity contribution < 1.29 is 17.9 Å². The fourth-order valence-electron chi connectivity index (χ4n) is 4.49. The monoisotopic (exact) mass is 447 g/mol. The van der Waals surface area contributed by atoms with Gasteiger partial charge in [-0.25, -0.2) is 8.42 Å². The normalized spacial score (nSPS) is 23.1. The molecule has 2 aliphatic rings. The van der Waals surface area contributed by atoms with E-state index in [2.05, 4.69) is 10.1 Å². The Balaban J connectivity index is 1.46. The number of rotatable bonds is 5. The number of carbonyl (C=O) groups is 1. The van der Waals surface area contributed by atoms with E-state index in [1.165, 1.54) is 8.99 Å². The lowest BCUT2D eigenvalue weighted by atomic mass is 9.86.